The van der Waals surface area contributed by atoms with Crippen molar-refractivity contribution in [2.24, 2.45) is 0 Å². The molecule has 50 heavy (non-hydrogen) atoms. The highest BCUT2D eigenvalue weighted by Crippen LogP contribution is 2.49. The standard InChI is InChI=1S/C46H27NO2S/c1-2-10-28(11-3-1)29-20-23-31(24-21-29)47(37-17-8-15-34-33-14-6-7-19-39(33)48-44(34)37)38-18-9-16-35-42-40(49-45(35)38)26-27-41-43(42)36-25-22-30-12-4-5-13-32(30)46(36)50-41/h1-27H. The van der Waals surface area contributed by atoms with E-state index in [1.807, 2.05) is 23.5 Å². The SMILES string of the molecule is c1ccc(-c2ccc(N(c3cccc4c3oc3ccccc34)c3cccc4c3oc3ccc5sc6c7ccccc7ccc6c5c34)cc2)cc1. The molecule has 11 aromatic rings. The number of furan rings is 2. The van der Waals surface area contributed by atoms with Crippen LogP contribution in [0.4, 0.5) is 17.1 Å². The molecule has 0 unspecified atom stereocenters. The van der Waals surface area contributed by atoms with Crippen LogP contribution in [0.25, 0.3) is 85.9 Å². The number of rotatable bonds is 4. The van der Waals surface area contributed by atoms with Crippen molar-refractivity contribution in [3.63, 3.8) is 0 Å². The molecule has 0 aliphatic carbocycles. The van der Waals surface area contributed by atoms with Crippen molar-refractivity contribution in [3.05, 3.63) is 164 Å². The van der Waals surface area contributed by atoms with E-state index in [2.05, 4.69) is 157 Å². The number of para-hydroxylation sites is 3. The molecule has 0 fully saturated rings. The van der Waals surface area contributed by atoms with E-state index in [0.29, 0.717) is 0 Å². The molecule has 3 heterocycles. The van der Waals surface area contributed by atoms with Gasteiger partial charge in [0.05, 0.1) is 11.4 Å². The van der Waals surface area contributed by atoms with Gasteiger partial charge < -0.3 is 13.7 Å². The van der Waals surface area contributed by atoms with Crippen LogP contribution in [0, 0.1) is 0 Å². The molecule has 3 aromatic heterocycles. The molecule has 0 radical (unpaired) electrons. The van der Waals surface area contributed by atoms with Crippen molar-refractivity contribution in [2.45, 2.75) is 0 Å². The predicted octanol–water partition coefficient (Wildman–Crippen LogP) is 14.1. The Morgan fingerprint density at radius 1 is 0.400 bits per heavy atom. The molecule has 3 nitrogen and oxygen atoms in total. The Morgan fingerprint density at radius 2 is 1.06 bits per heavy atom. The highest BCUT2D eigenvalue weighted by atomic mass is 32.1. The van der Waals surface area contributed by atoms with Crippen LogP contribution in [0.15, 0.2) is 173 Å². The van der Waals surface area contributed by atoms with Crippen molar-refractivity contribution >= 4 is 103 Å². The lowest BCUT2D eigenvalue weighted by Crippen LogP contribution is -2.10. The van der Waals surface area contributed by atoms with Crippen LogP contribution < -0.4 is 4.90 Å². The average Bonchev–Trinajstić information content (AvgIpc) is 3.87. The summed E-state index contributed by atoms with van der Waals surface area (Å²) >= 11 is 1.86. The lowest BCUT2D eigenvalue weighted by Gasteiger charge is -2.25. The topological polar surface area (TPSA) is 29.5 Å². The number of anilines is 3. The van der Waals surface area contributed by atoms with Gasteiger partial charge in [-0.2, -0.15) is 0 Å². The summed E-state index contributed by atoms with van der Waals surface area (Å²) in [6.07, 6.45) is 0. The largest absolute Gasteiger partial charge is 0.454 e. The van der Waals surface area contributed by atoms with E-state index in [1.54, 1.807) is 0 Å². The monoisotopic (exact) mass is 657 g/mol. The Bertz CT molecular complexity index is 3090. The van der Waals surface area contributed by atoms with Gasteiger partial charge in [0.2, 0.25) is 0 Å². The normalized spacial score (nSPS) is 12.0. The van der Waals surface area contributed by atoms with Gasteiger partial charge in [-0.1, -0.05) is 121 Å². The van der Waals surface area contributed by atoms with Crippen LogP contribution in [0.2, 0.25) is 0 Å². The predicted molar refractivity (Wildman–Crippen MR) is 212 cm³/mol. The minimum absolute atomic E-state index is 0.840. The summed E-state index contributed by atoms with van der Waals surface area (Å²) < 4.78 is 16.1. The minimum Gasteiger partial charge on any atom is -0.454 e. The van der Waals surface area contributed by atoms with Crippen LogP contribution in [-0.4, -0.2) is 0 Å². The van der Waals surface area contributed by atoms with Crippen molar-refractivity contribution in [1.82, 2.24) is 0 Å². The molecule has 0 spiro atoms. The fourth-order valence-corrected chi connectivity index (χ4v) is 9.04. The fourth-order valence-electron chi connectivity index (χ4n) is 7.79. The van der Waals surface area contributed by atoms with Gasteiger partial charge in [0, 0.05) is 47.4 Å². The summed E-state index contributed by atoms with van der Waals surface area (Å²) in [5.41, 5.74) is 8.71. The maximum Gasteiger partial charge on any atom is 0.159 e. The number of fused-ring (bicyclic) bond motifs is 12. The number of thiophene rings is 1. The molecule has 0 aliphatic heterocycles. The number of nitrogens with zero attached hydrogens (tertiary/aromatic N) is 1. The molecule has 0 bridgehead atoms. The first-order valence-corrected chi connectivity index (χ1v) is 17.7. The smallest absolute Gasteiger partial charge is 0.159 e. The molecule has 0 saturated heterocycles. The summed E-state index contributed by atoms with van der Waals surface area (Å²) in [4.78, 5) is 2.29. The number of hydrogen-bond acceptors (Lipinski definition) is 4. The van der Waals surface area contributed by atoms with Crippen LogP contribution in [-0.2, 0) is 0 Å². The van der Waals surface area contributed by atoms with Gasteiger partial charge in [-0.25, -0.2) is 0 Å². The zero-order valence-electron chi connectivity index (χ0n) is 26.8. The first-order chi connectivity index (χ1) is 24.8. The second-order valence-corrected chi connectivity index (χ2v) is 13.9. The molecular weight excluding hydrogens is 631 g/mol. The summed E-state index contributed by atoms with van der Waals surface area (Å²) in [5, 5.41) is 9.50. The van der Waals surface area contributed by atoms with Gasteiger partial charge in [0.1, 0.15) is 11.2 Å². The third-order valence-corrected chi connectivity index (χ3v) is 11.3. The summed E-state index contributed by atoms with van der Waals surface area (Å²) in [7, 11) is 0. The average molecular weight is 658 g/mol. The Balaban J connectivity index is 1.20. The van der Waals surface area contributed by atoms with Crippen LogP contribution in [0.1, 0.15) is 0 Å². The lowest BCUT2D eigenvalue weighted by molar-refractivity contribution is 0.666. The van der Waals surface area contributed by atoms with Crippen molar-refractivity contribution in [2.75, 3.05) is 4.90 Å². The minimum atomic E-state index is 0.840. The molecule has 0 amide bonds. The first-order valence-electron chi connectivity index (χ1n) is 16.8. The van der Waals surface area contributed by atoms with Gasteiger partial charge in [-0.3, -0.25) is 0 Å². The van der Waals surface area contributed by atoms with Crippen LogP contribution in [0.3, 0.4) is 0 Å². The summed E-state index contributed by atoms with van der Waals surface area (Å²) in [6, 6.07) is 58.0. The van der Waals surface area contributed by atoms with E-state index >= 15 is 0 Å². The van der Waals surface area contributed by atoms with E-state index < -0.39 is 0 Å². The highest BCUT2D eigenvalue weighted by Gasteiger charge is 2.24. The van der Waals surface area contributed by atoms with Crippen molar-refractivity contribution < 1.29 is 8.83 Å². The van der Waals surface area contributed by atoms with Crippen molar-refractivity contribution in [3.8, 4) is 11.1 Å². The van der Waals surface area contributed by atoms with Crippen LogP contribution >= 0.6 is 11.3 Å². The first kappa shape index (κ1) is 27.6. The Hall–Kier alpha value is -6.36. The fraction of sp³-hybridized carbons (Fsp3) is 0. The molecule has 0 N–H and O–H groups in total. The summed E-state index contributed by atoms with van der Waals surface area (Å²) in [6.45, 7) is 0. The third kappa shape index (κ3) is 3.97. The Labute approximate surface area is 290 Å². The lowest BCUT2D eigenvalue weighted by atomic mass is 10.0. The quantitative estimate of drug-likeness (QED) is 0.189. The Morgan fingerprint density at radius 3 is 1.90 bits per heavy atom. The molecule has 234 valence electrons. The van der Waals surface area contributed by atoms with Crippen molar-refractivity contribution in [1.29, 1.82) is 0 Å². The number of benzene rings is 8. The van der Waals surface area contributed by atoms with E-state index in [9.17, 15) is 0 Å². The highest BCUT2D eigenvalue weighted by molar-refractivity contribution is 7.27. The molecule has 8 aromatic carbocycles. The van der Waals surface area contributed by atoms with Gasteiger partial charge in [-0.15, -0.1) is 11.3 Å². The third-order valence-electron chi connectivity index (χ3n) is 10.1. The maximum absolute atomic E-state index is 6.92. The van der Waals surface area contributed by atoms with E-state index in [1.165, 1.54) is 36.5 Å². The van der Waals surface area contributed by atoms with E-state index in [4.69, 9.17) is 8.83 Å². The summed E-state index contributed by atoms with van der Waals surface area (Å²) in [5.74, 6) is 0. The zero-order valence-corrected chi connectivity index (χ0v) is 27.6. The number of hydrogen-bond donors (Lipinski definition) is 0. The van der Waals surface area contributed by atoms with E-state index in [-0.39, 0.29) is 0 Å². The second-order valence-electron chi connectivity index (χ2n) is 12.8. The molecule has 0 saturated carbocycles. The maximum atomic E-state index is 6.92. The molecule has 4 heteroatoms. The van der Waals surface area contributed by atoms with Gasteiger partial charge >= 0.3 is 0 Å². The molecule has 0 atom stereocenters. The second kappa shape index (κ2) is 10.6. The Kier molecular flexibility index (Phi) is 5.83. The van der Waals surface area contributed by atoms with Gasteiger partial charge in [0.15, 0.2) is 11.2 Å². The van der Waals surface area contributed by atoms with E-state index in [0.717, 1.165) is 66.5 Å². The van der Waals surface area contributed by atoms with Gasteiger partial charge in [-0.05, 0) is 64.4 Å². The van der Waals surface area contributed by atoms with Gasteiger partial charge in [0.25, 0.3) is 0 Å². The zero-order chi connectivity index (χ0) is 32.8. The molecular formula is C46H27NO2S. The molecule has 0 aliphatic rings. The van der Waals surface area contributed by atoms with Crippen LogP contribution in [0.5, 0.6) is 0 Å². The molecule has 11 rings (SSSR count).